The molecule has 0 fully saturated rings. The van der Waals surface area contributed by atoms with Crippen molar-refractivity contribution in [2.75, 3.05) is 43.1 Å². The number of amides is 3. The lowest BCUT2D eigenvalue weighted by molar-refractivity contribution is -0.134. The maximum absolute atomic E-state index is 13.7. The molecule has 2 heterocycles. The van der Waals surface area contributed by atoms with Gasteiger partial charge >= 0.3 is 0 Å². The Morgan fingerprint density at radius 2 is 1.75 bits per heavy atom. The molecule has 5 N–H and O–H groups in total. The lowest BCUT2D eigenvalue weighted by Gasteiger charge is -2.34. The fourth-order valence-electron chi connectivity index (χ4n) is 6.92. The van der Waals surface area contributed by atoms with Crippen LogP contribution in [0.15, 0.2) is 97.2 Å². The van der Waals surface area contributed by atoms with Crippen molar-refractivity contribution in [2.24, 2.45) is 13.0 Å². The van der Waals surface area contributed by atoms with Crippen LogP contribution in [-0.4, -0.2) is 76.1 Å². The predicted octanol–water partition coefficient (Wildman–Crippen LogP) is 5.48. The third-order valence-corrected chi connectivity index (χ3v) is 9.90. The molecule has 0 aliphatic carbocycles. The molecule has 0 saturated heterocycles. The van der Waals surface area contributed by atoms with E-state index in [2.05, 4.69) is 22.5 Å². The summed E-state index contributed by atoms with van der Waals surface area (Å²) in [5.41, 5.74) is 11.9. The molecule has 0 saturated carbocycles. The number of nitrogens with two attached hydrogens (primary N) is 1. The molecule has 1 aromatic heterocycles. The number of aliphatic hydroxyl groups is 1. The van der Waals surface area contributed by atoms with Crippen LogP contribution in [0.25, 0.3) is 10.9 Å². The van der Waals surface area contributed by atoms with Crippen LogP contribution in [0.1, 0.15) is 40.9 Å². The van der Waals surface area contributed by atoms with Crippen molar-refractivity contribution < 1.29 is 24.2 Å². The number of fused-ring (bicyclic) bond motifs is 2. The van der Waals surface area contributed by atoms with Crippen molar-refractivity contribution in [3.8, 4) is 5.75 Å². The van der Waals surface area contributed by atoms with E-state index in [9.17, 15) is 19.5 Å². The summed E-state index contributed by atoms with van der Waals surface area (Å²) >= 11 is 0. The number of hydrogen-bond acceptors (Lipinski definition) is 7. The van der Waals surface area contributed by atoms with E-state index in [1.165, 1.54) is 0 Å². The standard InChI is InChI=1S/C42H48N6O5/c1-27-22-48(28(2)26-49)41(51)21-31-19-33(44-40(50)20-32-24-47(4)37-12-8-5-9-34(32)37)17-18-38(31)53-39(27)25-46(3)23-29-13-15-30(16-14-29)42(52)45-36-11-7-6-10-35(36)43/h5-19,24,27-28,39,49H,20-23,25-26,43H2,1-4H3,(H,44,50)(H,45,52)/t27-,28+,39+/m1/s1. The second-order valence-electron chi connectivity index (χ2n) is 14.2. The van der Waals surface area contributed by atoms with E-state index in [0.29, 0.717) is 53.6 Å². The molecule has 3 atom stereocenters. The van der Waals surface area contributed by atoms with Gasteiger partial charge in [-0.1, -0.05) is 49.4 Å². The minimum absolute atomic E-state index is 0.0682. The minimum Gasteiger partial charge on any atom is -0.488 e. The number of nitrogens with zero attached hydrogens (tertiary/aromatic N) is 3. The van der Waals surface area contributed by atoms with E-state index in [0.717, 1.165) is 22.0 Å². The van der Waals surface area contributed by atoms with Gasteiger partial charge in [0.1, 0.15) is 11.9 Å². The summed E-state index contributed by atoms with van der Waals surface area (Å²) in [7, 11) is 3.98. The maximum atomic E-state index is 13.7. The molecule has 1 aliphatic heterocycles. The Bertz CT molecular complexity index is 2090. The molecule has 1 aliphatic rings. The fraction of sp³-hybridized carbons (Fsp3) is 0.310. The Morgan fingerprint density at radius 1 is 1.02 bits per heavy atom. The van der Waals surface area contributed by atoms with Crippen LogP contribution in [0.4, 0.5) is 17.1 Å². The van der Waals surface area contributed by atoms with Gasteiger partial charge in [0, 0.05) is 66.5 Å². The van der Waals surface area contributed by atoms with Gasteiger partial charge in [-0.2, -0.15) is 0 Å². The average Bonchev–Trinajstić information content (AvgIpc) is 3.47. The zero-order valence-corrected chi connectivity index (χ0v) is 30.7. The lowest BCUT2D eigenvalue weighted by Crippen LogP contribution is -2.47. The lowest BCUT2D eigenvalue weighted by atomic mass is 10.0. The third-order valence-electron chi connectivity index (χ3n) is 9.90. The first kappa shape index (κ1) is 37.1. The molecule has 0 radical (unpaired) electrons. The number of para-hydroxylation sites is 3. The Morgan fingerprint density at radius 3 is 2.51 bits per heavy atom. The number of aryl methyl sites for hydroxylation is 1. The van der Waals surface area contributed by atoms with Crippen molar-refractivity contribution in [2.45, 2.75) is 45.4 Å². The number of benzene rings is 4. The Labute approximate surface area is 310 Å². The first-order chi connectivity index (χ1) is 25.5. The zero-order valence-electron chi connectivity index (χ0n) is 30.7. The number of rotatable bonds is 11. The highest BCUT2D eigenvalue weighted by Gasteiger charge is 2.31. The van der Waals surface area contributed by atoms with Crippen molar-refractivity contribution >= 4 is 45.7 Å². The molecule has 276 valence electrons. The predicted molar refractivity (Wildman–Crippen MR) is 209 cm³/mol. The number of nitrogen functional groups attached to an aromatic ring is 1. The maximum Gasteiger partial charge on any atom is 0.255 e. The molecule has 11 heteroatoms. The summed E-state index contributed by atoms with van der Waals surface area (Å²) in [6, 6.07) is 27.7. The van der Waals surface area contributed by atoms with E-state index in [-0.39, 0.29) is 55.2 Å². The van der Waals surface area contributed by atoms with Gasteiger partial charge in [-0.3, -0.25) is 19.3 Å². The summed E-state index contributed by atoms with van der Waals surface area (Å²) in [4.78, 5) is 43.7. The van der Waals surface area contributed by atoms with E-state index in [1.54, 1.807) is 29.2 Å². The molecule has 53 heavy (non-hydrogen) atoms. The highest BCUT2D eigenvalue weighted by molar-refractivity contribution is 6.05. The first-order valence-corrected chi connectivity index (χ1v) is 17.9. The molecule has 4 aromatic carbocycles. The summed E-state index contributed by atoms with van der Waals surface area (Å²) in [5, 5.41) is 17.0. The molecular weight excluding hydrogens is 668 g/mol. The summed E-state index contributed by atoms with van der Waals surface area (Å²) in [6.45, 7) is 5.31. The second-order valence-corrected chi connectivity index (χ2v) is 14.2. The van der Waals surface area contributed by atoms with Crippen molar-refractivity contribution in [1.82, 2.24) is 14.4 Å². The average molecular weight is 717 g/mol. The quantitative estimate of drug-likeness (QED) is 0.133. The second kappa shape index (κ2) is 16.4. The smallest absolute Gasteiger partial charge is 0.255 e. The SMILES string of the molecule is C[C@@H]1CN([C@@H](C)CO)C(=O)Cc2cc(NC(=O)Cc3cn(C)c4ccccc34)ccc2O[C@H]1CN(C)Cc1ccc(C(=O)Nc2ccccc2N)cc1. The van der Waals surface area contributed by atoms with Gasteiger partial charge in [0.05, 0.1) is 36.9 Å². The van der Waals surface area contributed by atoms with Crippen LogP contribution in [-0.2, 0) is 36.0 Å². The summed E-state index contributed by atoms with van der Waals surface area (Å²) in [5.74, 6) is 0.00454. The molecular formula is C42H48N6O5. The molecule has 11 nitrogen and oxygen atoms in total. The zero-order chi connectivity index (χ0) is 37.6. The number of hydrogen-bond donors (Lipinski definition) is 4. The number of carbonyl (C=O) groups excluding carboxylic acids is 3. The number of likely N-dealkylation sites (N-methyl/N-ethyl adjacent to an activating group) is 1. The summed E-state index contributed by atoms with van der Waals surface area (Å²) in [6.07, 6.45) is 1.96. The van der Waals surface area contributed by atoms with E-state index in [1.807, 2.05) is 98.5 Å². The number of ether oxygens (including phenoxy) is 1. The van der Waals surface area contributed by atoms with Crippen LogP contribution >= 0.6 is 0 Å². The van der Waals surface area contributed by atoms with E-state index in [4.69, 9.17) is 10.5 Å². The number of carbonyl (C=O) groups is 3. The van der Waals surface area contributed by atoms with Crippen LogP contribution in [0.3, 0.4) is 0 Å². The highest BCUT2D eigenvalue weighted by Crippen LogP contribution is 2.30. The van der Waals surface area contributed by atoms with Crippen molar-refractivity contribution in [3.63, 3.8) is 0 Å². The number of aromatic nitrogens is 1. The Hall–Kier alpha value is -5.65. The minimum atomic E-state index is -0.373. The monoisotopic (exact) mass is 716 g/mol. The van der Waals surface area contributed by atoms with Gasteiger partial charge in [-0.05, 0) is 73.6 Å². The molecule has 0 unspecified atom stereocenters. The van der Waals surface area contributed by atoms with Gasteiger partial charge in [-0.15, -0.1) is 0 Å². The van der Waals surface area contributed by atoms with E-state index >= 15 is 0 Å². The van der Waals surface area contributed by atoms with Crippen molar-refractivity contribution in [1.29, 1.82) is 0 Å². The highest BCUT2D eigenvalue weighted by atomic mass is 16.5. The number of nitrogens with one attached hydrogen (secondary N) is 2. The number of aliphatic hydroxyl groups excluding tert-OH is 1. The van der Waals surface area contributed by atoms with Crippen LogP contribution in [0.2, 0.25) is 0 Å². The van der Waals surface area contributed by atoms with Gasteiger partial charge in [0.15, 0.2) is 0 Å². The van der Waals surface area contributed by atoms with E-state index < -0.39 is 0 Å². The largest absolute Gasteiger partial charge is 0.488 e. The van der Waals surface area contributed by atoms with Gasteiger partial charge < -0.3 is 35.7 Å². The molecule has 6 rings (SSSR count). The number of anilines is 3. The van der Waals surface area contributed by atoms with Crippen molar-refractivity contribution in [3.05, 3.63) is 119 Å². The third kappa shape index (κ3) is 8.88. The van der Waals surface area contributed by atoms with Gasteiger partial charge in [-0.25, -0.2) is 0 Å². The Kier molecular flexibility index (Phi) is 11.5. The molecule has 3 amide bonds. The fourth-order valence-corrected chi connectivity index (χ4v) is 6.92. The molecule has 0 bridgehead atoms. The molecule has 5 aromatic rings. The normalized spacial score (nSPS) is 16.6. The first-order valence-electron chi connectivity index (χ1n) is 17.9. The molecule has 0 spiro atoms. The topological polar surface area (TPSA) is 142 Å². The summed E-state index contributed by atoms with van der Waals surface area (Å²) < 4.78 is 8.73. The van der Waals surface area contributed by atoms with Crippen LogP contribution in [0, 0.1) is 5.92 Å². The Balaban J connectivity index is 1.16. The van der Waals surface area contributed by atoms with Gasteiger partial charge in [0.25, 0.3) is 5.91 Å². The van der Waals surface area contributed by atoms with Gasteiger partial charge in [0.2, 0.25) is 11.8 Å². The van der Waals surface area contributed by atoms with Crippen LogP contribution in [0.5, 0.6) is 5.75 Å². The van der Waals surface area contributed by atoms with Crippen LogP contribution < -0.4 is 21.1 Å².